The number of fused-ring (bicyclic) bond motifs is 6. The van der Waals surface area contributed by atoms with Crippen LogP contribution in [0.15, 0.2) is 97.1 Å². The minimum atomic E-state index is 0.379. The van der Waals surface area contributed by atoms with Gasteiger partial charge in [0, 0.05) is 26.6 Å². The van der Waals surface area contributed by atoms with Crippen LogP contribution in [0.2, 0.25) is 0 Å². The van der Waals surface area contributed by atoms with Crippen LogP contribution in [-0.4, -0.2) is 4.57 Å². The molecule has 6 aromatic carbocycles. The average molecular weight is 632 g/mol. The normalized spacial score (nSPS) is 12.4. The highest BCUT2D eigenvalue weighted by Gasteiger charge is 2.33. The standard InChI is InChI=1S/C44H43N2S/c1-25(2)31-21-35(26(3)4)42(36(22-31)27(5)6)46-39-16-12-11-15-38(39)45(8)44(46)41-28(7)17-18-34-37-23-32-19-29-13-9-10-14-30(29)20-33(32)24-40(37)47-43(34)41/h9-27H,1-8H3/q+1. The lowest BCUT2D eigenvalue weighted by Gasteiger charge is -2.22. The predicted molar refractivity (Wildman–Crippen MR) is 205 cm³/mol. The molecule has 0 unspecified atom stereocenters. The highest BCUT2D eigenvalue weighted by Crippen LogP contribution is 2.45. The number of aryl methyl sites for hydroxylation is 2. The van der Waals surface area contributed by atoms with Crippen molar-refractivity contribution in [3.63, 3.8) is 0 Å². The van der Waals surface area contributed by atoms with Gasteiger partial charge in [-0.15, -0.1) is 11.3 Å². The highest BCUT2D eigenvalue weighted by atomic mass is 32.1. The van der Waals surface area contributed by atoms with Crippen LogP contribution in [0.4, 0.5) is 0 Å². The van der Waals surface area contributed by atoms with Crippen LogP contribution in [0.3, 0.4) is 0 Å². The molecule has 3 heteroatoms. The Labute approximate surface area is 281 Å². The van der Waals surface area contributed by atoms with Gasteiger partial charge in [-0.3, -0.25) is 0 Å². The number of hydrogen-bond donors (Lipinski definition) is 0. The first-order chi connectivity index (χ1) is 22.6. The lowest BCUT2D eigenvalue weighted by Crippen LogP contribution is -2.30. The fraction of sp³-hybridized carbons (Fsp3) is 0.250. The fourth-order valence-electron chi connectivity index (χ4n) is 7.65. The van der Waals surface area contributed by atoms with E-state index in [1.54, 1.807) is 0 Å². The largest absolute Gasteiger partial charge is 0.296 e. The molecule has 2 aromatic heterocycles. The molecule has 0 aliphatic carbocycles. The number of benzene rings is 6. The zero-order valence-corrected chi connectivity index (χ0v) is 29.6. The van der Waals surface area contributed by atoms with Crippen LogP contribution in [0.5, 0.6) is 0 Å². The van der Waals surface area contributed by atoms with Gasteiger partial charge in [-0.25, -0.2) is 4.57 Å². The zero-order chi connectivity index (χ0) is 32.7. The van der Waals surface area contributed by atoms with Crippen LogP contribution < -0.4 is 4.57 Å². The summed E-state index contributed by atoms with van der Waals surface area (Å²) in [4.78, 5) is 0. The first-order valence-corrected chi connectivity index (χ1v) is 17.9. The van der Waals surface area contributed by atoms with E-state index in [0.29, 0.717) is 17.8 Å². The van der Waals surface area contributed by atoms with Crippen molar-refractivity contribution in [2.45, 2.75) is 66.2 Å². The van der Waals surface area contributed by atoms with E-state index in [9.17, 15) is 0 Å². The third kappa shape index (κ3) is 4.62. The Morgan fingerprint density at radius 2 is 1.23 bits per heavy atom. The van der Waals surface area contributed by atoms with Crippen LogP contribution in [0.25, 0.3) is 69.8 Å². The number of rotatable bonds is 5. The molecule has 0 spiro atoms. The quantitative estimate of drug-likeness (QED) is 0.132. The van der Waals surface area contributed by atoms with Crippen molar-refractivity contribution in [2.24, 2.45) is 7.05 Å². The SMILES string of the molecule is Cc1ccc2c(sc3cc4cc5ccccc5cc4cc32)c1-c1n(-c2c(C(C)C)cc(C(C)C)cc2C(C)C)c2ccccc2[n+]1C. The summed E-state index contributed by atoms with van der Waals surface area (Å²) < 4.78 is 7.75. The van der Waals surface area contributed by atoms with Crippen LogP contribution >= 0.6 is 11.3 Å². The summed E-state index contributed by atoms with van der Waals surface area (Å²) in [6.07, 6.45) is 0. The molecule has 2 heterocycles. The predicted octanol–water partition coefficient (Wildman–Crippen LogP) is 12.5. The molecule has 0 aliphatic heterocycles. The summed E-state index contributed by atoms with van der Waals surface area (Å²) in [5.74, 6) is 2.48. The van der Waals surface area contributed by atoms with Crippen molar-refractivity contribution < 1.29 is 4.57 Å². The topological polar surface area (TPSA) is 8.81 Å². The number of para-hydroxylation sites is 2. The summed E-state index contributed by atoms with van der Waals surface area (Å²) in [6.45, 7) is 16.3. The lowest BCUT2D eigenvalue weighted by atomic mass is 9.87. The molecule has 0 saturated carbocycles. The Bertz CT molecular complexity index is 2490. The van der Waals surface area contributed by atoms with Gasteiger partial charge < -0.3 is 0 Å². The molecule has 47 heavy (non-hydrogen) atoms. The Kier molecular flexibility index (Phi) is 7.04. The van der Waals surface area contributed by atoms with Gasteiger partial charge in [0.15, 0.2) is 11.0 Å². The minimum absolute atomic E-state index is 0.379. The number of nitrogens with zero attached hydrogens (tertiary/aromatic N) is 2. The summed E-state index contributed by atoms with van der Waals surface area (Å²) in [5, 5.41) is 7.85. The van der Waals surface area contributed by atoms with E-state index in [1.807, 2.05) is 11.3 Å². The van der Waals surface area contributed by atoms with E-state index in [2.05, 4.69) is 162 Å². The van der Waals surface area contributed by atoms with Crippen molar-refractivity contribution in [1.82, 2.24) is 4.57 Å². The van der Waals surface area contributed by atoms with E-state index >= 15 is 0 Å². The highest BCUT2D eigenvalue weighted by molar-refractivity contribution is 7.26. The van der Waals surface area contributed by atoms with E-state index < -0.39 is 0 Å². The number of thiophene rings is 1. The summed E-state index contributed by atoms with van der Waals surface area (Å²) in [6, 6.07) is 36.8. The molecule has 0 bridgehead atoms. The van der Waals surface area contributed by atoms with E-state index in [1.165, 1.54) is 92.1 Å². The molecular formula is C44H43N2S+. The Morgan fingerprint density at radius 1 is 0.617 bits per heavy atom. The van der Waals surface area contributed by atoms with E-state index in [-0.39, 0.29) is 0 Å². The monoisotopic (exact) mass is 631 g/mol. The molecule has 2 nitrogen and oxygen atoms in total. The molecular weight excluding hydrogens is 589 g/mol. The molecule has 0 saturated heterocycles. The molecule has 0 fully saturated rings. The van der Waals surface area contributed by atoms with Gasteiger partial charge in [0.2, 0.25) is 0 Å². The van der Waals surface area contributed by atoms with Gasteiger partial charge >= 0.3 is 0 Å². The molecule has 0 amide bonds. The minimum Gasteiger partial charge on any atom is -0.225 e. The van der Waals surface area contributed by atoms with Crippen molar-refractivity contribution in [3.8, 4) is 17.1 Å². The third-order valence-corrected chi connectivity index (χ3v) is 11.4. The van der Waals surface area contributed by atoms with Crippen molar-refractivity contribution in [3.05, 3.63) is 119 Å². The van der Waals surface area contributed by atoms with Gasteiger partial charge in [-0.1, -0.05) is 102 Å². The number of aromatic nitrogens is 2. The first kappa shape index (κ1) is 29.9. The molecule has 8 aromatic rings. The average Bonchev–Trinajstić information content (AvgIpc) is 3.55. The Morgan fingerprint density at radius 3 is 1.87 bits per heavy atom. The molecule has 234 valence electrons. The smallest absolute Gasteiger partial charge is 0.225 e. The zero-order valence-electron chi connectivity index (χ0n) is 28.8. The van der Waals surface area contributed by atoms with Gasteiger partial charge in [-0.2, -0.15) is 4.57 Å². The van der Waals surface area contributed by atoms with Crippen LogP contribution in [0, 0.1) is 6.92 Å². The maximum Gasteiger partial charge on any atom is 0.296 e. The number of hydrogen-bond acceptors (Lipinski definition) is 1. The fourth-order valence-corrected chi connectivity index (χ4v) is 8.98. The molecule has 0 atom stereocenters. The maximum absolute atomic E-state index is 2.61. The second kappa shape index (κ2) is 11.1. The molecule has 8 rings (SSSR count). The van der Waals surface area contributed by atoms with Gasteiger partial charge in [-0.05, 0) is 93.7 Å². The van der Waals surface area contributed by atoms with E-state index in [0.717, 1.165) is 0 Å². The van der Waals surface area contributed by atoms with Crippen LogP contribution in [-0.2, 0) is 7.05 Å². The summed E-state index contributed by atoms with van der Waals surface area (Å²) in [5.41, 5.74) is 10.7. The lowest BCUT2D eigenvalue weighted by molar-refractivity contribution is -0.633. The van der Waals surface area contributed by atoms with E-state index in [4.69, 9.17) is 0 Å². The molecule has 0 radical (unpaired) electrons. The molecule has 0 aliphatic rings. The summed E-state index contributed by atoms with van der Waals surface area (Å²) in [7, 11) is 2.26. The van der Waals surface area contributed by atoms with Crippen LogP contribution in [0.1, 0.15) is 81.5 Å². The first-order valence-electron chi connectivity index (χ1n) is 17.1. The Balaban J connectivity index is 1.50. The van der Waals surface area contributed by atoms with Gasteiger partial charge in [0.1, 0.15) is 5.69 Å². The molecule has 0 N–H and O–H groups in total. The Hall–Kier alpha value is -4.47. The van der Waals surface area contributed by atoms with Gasteiger partial charge in [0.05, 0.1) is 17.3 Å². The second-order valence-corrected chi connectivity index (χ2v) is 15.4. The third-order valence-electron chi connectivity index (χ3n) is 10.2. The van der Waals surface area contributed by atoms with Crippen molar-refractivity contribution in [1.29, 1.82) is 0 Å². The summed E-state index contributed by atoms with van der Waals surface area (Å²) >= 11 is 1.94. The van der Waals surface area contributed by atoms with Gasteiger partial charge in [0.25, 0.3) is 5.82 Å². The number of imidazole rings is 1. The maximum atomic E-state index is 2.61. The van der Waals surface area contributed by atoms with Crippen molar-refractivity contribution in [2.75, 3.05) is 0 Å². The second-order valence-electron chi connectivity index (χ2n) is 14.3. The van der Waals surface area contributed by atoms with Crippen molar-refractivity contribution >= 4 is 64.1 Å².